The minimum absolute atomic E-state index is 0.180. The van der Waals surface area contributed by atoms with E-state index in [0.29, 0.717) is 25.4 Å². The Labute approximate surface area is 172 Å². The van der Waals surface area contributed by atoms with E-state index in [1.165, 1.54) is 24.3 Å². The van der Waals surface area contributed by atoms with Gasteiger partial charge in [0.1, 0.15) is 11.5 Å². The highest BCUT2D eigenvalue weighted by Crippen LogP contribution is 2.36. The second-order valence-corrected chi connectivity index (χ2v) is 7.02. The standard InChI is InChI=1S/C21H24F3N3O3/c1-28-17-6-2-15(3-7-17)20(10-12-29-13-11-20)14-26-19(25)27-16-4-8-18(9-5-16)30-21(22,23)24/h2-9H,10-14H2,1H3,(H3,25,26,27). The Balaban J connectivity index is 1.69. The maximum atomic E-state index is 12.3. The van der Waals surface area contributed by atoms with Gasteiger partial charge in [0.2, 0.25) is 0 Å². The highest BCUT2D eigenvalue weighted by atomic mass is 19.4. The van der Waals surface area contributed by atoms with Crippen molar-refractivity contribution >= 4 is 11.6 Å². The van der Waals surface area contributed by atoms with Crippen LogP contribution in [0.5, 0.6) is 11.5 Å². The average Bonchev–Trinajstić information content (AvgIpc) is 2.73. The number of nitrogens with zero attached hydrogens (tertiary/aromatic N) is 1. The molecule has 2 aromatic carbocycles. The second-order valence-electron chi connectivity index (χ2n) is 7.02. The van der Waals surface area contributed by atoms with Crippen LogP contribution in [0.4, 0.5) is 18.9 Å². The van der Waals surface area contributed by atoms with Gasteiger partial charge in [0.15, 0.2) is 5.96 Å². The first-order chi connectivity index (χ1) is 14.3. The molecule has 0 unspecified atom stereocenters. The number of hydrogen-bond donors (Lipinski definition) is 2. The predicted octanol–water partition coefficient (Wildman–Crippen LogP) is 4.07. The number of alkyl halides is 3. The smallest absolute Gasteiger partial charge is 0.497 e. The van der Waals surface area contributed by atoms with E-state index in [-0.39, 0.29) is 17.1 Å². The van der Waals surface area contributed by atoms with Gasteiger partial charge in [-0.25, -0.2) is 0 Å². The van der Waals surface area contributed by atoms with E-state index in [1.54, 1.807) is 7.11 Å². The van der Waals surface area contributed by atoms with Crippen molar-refractivity contribution in [3.05, 3.63) is 54.1 Å². The number of nitrogens with two attached hydrogens (primary N) is 1. The van der Waals surface area contributed by atoms with Crippen molar-refractivity contribution in [2.45, 2.75) is 24.6 Å². The number of rotatable bonds is 6. The van der Waals surface area contributed by atoms with Gasteiger partial charge in [-0.15, -0.1) is 13.2 Å². The normalized spacial score (nSPS) is 16.7. The van der Waals surface area contributed by atoms with Crippen LogP contribution in [0, 0.1) is 0 Å². The highest BCUT2D eigenvalue weighted by molar-refractivity contribution is 5.92. The van der Waals surface area contributed by atoms with Crippen LogP contribution in [0.25, 0.3) is 0 Å². The Morgan fingerprint density at radius 2 is 1.67 bits per heavy atom. The van der Waals surface area contributed by atoms with Gasteiger partial charge in [-0.05, 0) is 54.8 Å². The zero-order valence-electron chi connectivity index (χ0n) is 16.5. The molecule has 3 N–H and O–H groups in total. The summed E-state index contributed by atoms with van der Waals surface area (Å²) in [6.45, 7) is 1.72. The van der Waals surface area contributed by atoms with Crippen LogP contribution in [0.2, 0.25) is 0 Å². The van der Waals surface area contributed by atoms with Gasteiger partial charge in [0, 0.05) is 24.3 Å². The quantitative estimate of drug-likeness (QED) is 0.541. The third-order valence-electron chi connectivity index (χ3n) is 5.06. The lowest BCUT2D eigenvalue weighted by molar-refractivity contribution is -0.274. The van der Waals surface area contributed by atoms with E-state index in [9.17, 15) is 13.2 Å². The maximum Gasteiger partial charge on any atom is 0.573 e. The van der Waals surface area contributed by atoms with E-state index < -0.39 is 6.36 Å². The Morgan fingerprint density at radius 3 is 2.23 bits per heavy atom. The number of halogens is 3. The number of hydrogen-bond acceptors (Lipinski definition) is 4. The van der Waals surface area contributed by atoms with Gasteiger partial charge in [-0.2, -0.15) is 0 Å². The van der Waals surface area contributed by atoms with Crippen molar-refractivity contribution in [2.24, 2.45) is 10.7 Å². The molecule has 2 aromatic rings. The molecule has 1 aliphatic rings. The average molecular weight is 423 g/mol. The maximum absolute atomic E-state index is 12.3. The summed E-state index contributed by atoms with van der Waals surface area (Å²) in [7, 11) is 1.62. The fourth-order valence-corrected chi connectivity index (χ4v) is 3.41. The first-order valence-electron chi connectivity index (χ1n) is 9.45. The molecular formula is C21H24F3N3O3. The molecule has 0 atom stereocenters. The third-order valence-corrected chi connectivity index (χ3v) is 5.06. The predicted molar refractivity (Wildman–Crippen MR) is 108 cm³/mol. The van der Waals surface area contributed by atoms with Crippen molar-refractivity contribution in [3.8, 4) is 11.5 Å². The zero-order chi connectivity index (χ0) is 21.6. The molecule has 30 heavy (non-hydrogen) atoms. The fourth-order valence-electron chi connectivity index (χ4n) is 3.41. The minimum Gasteiger partial charge on any atom is -0.497 e. The number of guanidine groups is 1. The van der Waals surface area contributed by atoms with Gasteiger partial charge in [-0.3, -0.25) is 4.99 Å². The van der Waals surface area contributed by atoms with Crippen molar-refractivity contribution in [1.82, 2.24) is 0 Å². The zero-order valence-corrected chi connectivity index (χ0v) is 16.5. The number of benzene rings is 2. The molecule has 162 valence electrons. The van der Waals surface area contributed by atoms with Gasteiger partial charge >= 0.3 is 6.36 Å². The largest absolute Gasteiger partial charge is 0.573 e. The third kappa shape index (κ3) is 5.79. The number of anilines is 1. The van der Waals surface area contributed by atoms with E-state index in [0.717, 1.165) is 24.2 Å². The minimum atomic E-state index is -4.73. The lowest BCUT2D eigenvalue weighted by Crippen LogP contribution is -2.38. The Bertz CT molecular complexity index is 847. The molecule has 3 rings (SSSR count). The molecular weight excluding hydrogens is 399 g/mol. The highest BCUT2D eigenvalue weighted by Gasteiger charge is 2.34. The van der Waals surface area contributed by atoms with E-state index >= 15 is 0 Å². The summed E-state index contributed by atoms with van der Waals surface area (Å²) in [6, 6.07) is 13.2. The summed E-state index contributed by atoms with van der Waals surface area (Å²) in [5.41, 5.74) is 7.46. The van der Waals surface area contributed by atoms with Crippen LogP contribution in [0.15, 0.2) is 53.5 Å². The van der Waals surface area contributed by atoms with Crippen molar-refractivity contribution in [2.75, 3.05) is 32.2 Å². The van der Waals surface area contributed by atoms with E-state index in [1.807, 2.05) is 24.3 Å². The summed E-state index contributed by atoms with van der Waals surface area (Å²) >= 11 is 0. The fraction of sp³-hybridized carbons (Fsp3) is 0.381. The van der Waals surface area contributed by atoms with Gasteiger partial charge < -0.3 is 25.3 Å². The molecule has 0 amide bonds. The molecule has 0 radical (unpaired) electrons. The Hall–Kier alpha value is -2.94. The van der Waals surface area contributed by atoms with Gasteiger partial charge in [-0.1, -0.05) is 12.1 Å². The Kier molecular flexibility index (Phi) is 6.71. The molecule has 0 bridgehead atoms. The number of ether oxygens (including phenoxy) is 3. The lowest BCUT2D eigenvalue weighted by Gasteiger charge is -2.36. The first kappa shape index (κ1) is 21.8. The molecule has 0 saturated carbocycles. The lowest BCUT2D eigenvalue weighted by atomic mass is 9.74. The Morgan fingerprint density at radius 1 is 1.07 bits per heavy atom. The molecule has 0 spiro atoms. The molecule has 1 heterocycles. The summed E-state index contributed by atoms with van der Waals surface area (Å²) in [5, 5.41) is 2.90. The molecule has 6 nitrogen and oxygen atoms in total. The number of methoxy groups -OCH3 is 1. The monoisotopic (exact) mass is 423 g/mol. The van der Waals surface area contributed by atoms with Crippen LogP contribution in [0.1, 0.15) is 18.4 Å². The molecule has 1 saturated heterocycles. The first-order valence-corrected chi connectivity index (χ1v) is 9.45. The summed E-state index contributed by atoms with van der Waals surface area (Å²) in [4.78, 5) is 4.50. The molecule has 0 aliphatic carbocycles. The number of aliphatic imine (C=N–C) groups is 1. The van der Waals surface area contributed by atoms with Crippen molar-refractivity contribution in [1.29, 1.82) is 0 Å². The van der Waals surface area contributed by atoms with Crippen LogP contribution < -0.4 is 20.5 Å². The summed E-state index contributed by atoms with van der Waals surface area (Å²) in [6.07, 6.45) is -3.12. The molecule has 9 heteroatoms. The van der Waals surface area contributed by atoms with Crippen LogP contribution in [-0.4, -0.2) is 39.2 Å². The molecule has 0 aromatic heterocycles. The number of nitrogens with one attached hydrogen (secondary N) is 1. The summed E-state index contributed by atoms with van der Waals surface area (Å²) in [5.74, 6) is 0.659. The van der Waals surface area contributed by atoms with Crippen LogP contribution in [-0.2, 0) is 10.2 Å². The SMILES string of the molecule is COc1ccc(C2(CN=C(N)Nc3ccc(OC(F)(F)F)cc3)CCOCC2)cc1. The molecule has 1 aliphatic heterocycles. The topological polar surface area (TPSA) is 78.1 Å². The van der Waals surface area contributed by atoms with Crippen molar-refractivity contribution < 1.29 is 27.4 Å². The summed E-state index contributed by atoms with van der Waals surface area (Å²) < 4.78 is 51.4. The van der Waals surface area contributed by atoms with Gasteiger partial charge in [0.05, 0.1) is 13.7 Å². The van der Waals surface area contributed by atoms with Crippen LogP contribution in [0.3, 0.4) is 0 Å². The molecule has 1 fully saturated rings. The van der Waals surface area contributed by atoms with E-state index in [4.69, 9.17) is 15.2 Å². The van der Waals surface area contributed by atoms with Gasteiger partial charge in [0.25, 0.3) is 0 Å². The van der Waals surface area contributed by atoms with Crippen LogP contribution >= 0.6 is 0 Å². The van der Waals surface area contributed by atoms with E-state index in [2.05, 4.69) is 15.0 Å². The second kappa shape index (κ2) is 9.25. The van der Waals surface area contributed by atoms with Crippen molar-refractivity contribution in [3.63, 3.8) is 0 Å².